The molecule has 0 unspecified atom stereocenters. The van der Waals surface area contributed by atoms with Gasteiger partial charge in [0.05, 0.1) is 5.52 Å². The maximum Gasteiger partial charge on any atom is 0.185 e. The van der Waals surface area contributed by atoms with Gasteiger partial charge in [-0.1, -0.05) is 36.9 Å². The summed E-state index contributed by atoms with van der Waals surface area (Å²) in [5.41, 5.74) is 3.71. The number of rotatable bonds is 3. The number of hydrogen-bond acceptors (Lipinski definition) is 2. The summed E-state index contributed by atoms with van der Waals surface area (Å²) < 4.78 is 0. The second-order valence-corrected chi connectivity index (χ2v) is 4.52. The molecule has 0 saturated carbocycles. The standard InChI is InChI=1S/C18H13NO/c1-2-18(20)14-8-9-17-16(12-14)15(10-11-19-17)13-6-4-3-5-7-13/h2-12H,1H2. The van der Waals surface area contributed by atoms with Crippen LogP contribution in [0.3, 0.4) is 0 Å². The second kappa shape index (κ2) is 5.10. The van der Waals surface area contributed by atoms with Gasteiger partial charge in [-0.15, -0.1) is 0 Å². The Hall–Kier alpha value is -2.74. The Morgan fingerprint density at radius 3 is 2.60 bits per heavy atom. The van der Waals surface area contributed by atoms with Crippen molar-refractivity contribution in [3.8, 4) is 11.1 Å². The fraction of sp³-hybridized carbons (Fsp3) is 0. The number of pyridine rings is 1. The van der Waals surface area contributed by atoms with Crippen molar-refractivity contribution in [1.82, 2.24) is 4.98 Å². The third kappa shape index (κ3) is 2.12. The van der Waals surface area contributed by atoms with Crippen molar-refractivity contribution in [3.05, 3.63) is 79.0 Å². The molecule has 3 rings (SSSR count). The Kier molecular flexibility index (Phi) is 3.13. The number of hydrogen-bond donors (Lipinski definition) is 0. The molecule has 0 bridgehead atoms. The average Bonchev–Trinajstić information content (AvgIpc) is 2.54. The third-order valence-electron chi connectivity index (χ3n) is 3.30. The lowest BCUT2D eigenvalue weighted by Gasteiger charge is -2.07. The smallest absolute Gasteiger partial charge is 0.185 e. The molecule has 0 amide bonds. The molecule has 0 aliphatic rings. The molecular weight excluding hydrogens is 246 g/mol. The minimum absolute atomic E-state index is 0.0743. The normalized spacial score (nSPS) is 10.4. The van der Waals surface area contributed by atoms with E-state index in [4.69, 9.17) is 0 Å². The zero-order valence-electron chi connectivity index (χ0n) is 10.9. The second-order valence-electron chi connectivity index (χ2n) is 4.52. The molecule has 0 saturated heterocycles. The molecular formula is C18H13NO. The molecule has 0 aliphatic heterocycles. The first-order valence-electron chi connectivity index (χ1n) is 6.40. The summed E-state index contributed by atoms with van der Waals surface area (Å²) in [7, 11) is 0. The lowest BCUT2D eigenvalue weighted by atomic mass is 9.99. The molecule has 3 aromatic rings. The van der Waals surface area contributed by atoms with E-state index in [1.165, 1.54) is 6.08 Å². The molecule has 0 fully saturated rings. The van der Waals surface area contributed by atoms with Gasteiger partial charge in [-0.05, 0) is 41.5 Å². The Bertz CT molecular complexity index is 791. The third-order valence-corrected chi connectivity index (χ3v) is 3.30. The van der Waals surface area contributed by atoms with Crippen LogP contribution in [0, 0.1) is 0 Å². The van der Waals surface area contributed by atoms with E-state index in [-0.39, 0.29) is 5.78 Å². The van der Waals surface area contributed by atoms with Gasteiger partial charge in [0.25, 0.3) is 0 Å². The summed E-state index contributed by atoms with van der Waals surface area (Å²) in [4.78, 5) is 16.1. The van der Waals surface area contributed by atoms with Crippen LogP contribution in [0.1, 0.15) is 10.4 Å². The van der Waals surface area contributed by atoms with Gasteiger partial charge in [-0.25, -0.2) is 0 Å². The van der Waals surface area contributed by atoms with Gasteiger partial charge in [-0.2, -0.15) is 0 Å². The van der Waals surface area contributed by atoms with E-state index in [1.54, 1.807) is 12.3 Å². The number of ketones is 1. The van der Waals surface area contributed by atoms with Gasteiger partial charge in [0.2, 0.25) is 0 Å². The van der Waals surface area contributed by atoms with Crippen LogP contribution in [0.5, 0.6) is 0 Å². The molecule has 0 N–H and O–H groups in total. The van der Waals surface area contributed by atoms with Gasteiger partial charge < -0.3 is 0 Å². The molecule has 96 valence electrons. The van der Waals surface area contributed by atoms with Gasteiger partial charge in [0.15, 0.2) is 5.78 Å². The maximum absolute atomic E-state index is 11.8. The number of allylic oxidation sites excluding steroid dienone is 1. The van der Waals surface area contributed by atoms with Gasteiger partial charge >= 0.3 is 0 Å². The highest BCUT2D eigenvalue weighted by atomic mass is 16.1. The lowest BCUT2D eigenvalue weighted by Crippen LogP contribution is -1.94. The van der Waals surface area contributed by atoms with Crippen LogP contribution < -0.4 is 0 Å². The van der Waals surface area contributed by atoms with Crippen molar-refractivity contribution in [3.63, 3.8) is 0 Å². The van der Waals surface area contributed by atoms with Crippen LogP contribution >= 0.6 is 0 Å². The average molecular weight is 259 g/mol. The van der Waals surface area contributed by atoms with E-state index in [9.17, 15) is 4.79 Å². The number of nitrogens with zero attached hydrogens (tertiary/aromatic N) is 1. The van der Waals surface area contributed by atoms with E-state index in [0.717, 1.165) is 22.0 Å². The number of carbonyl (C=O) groups excluding carboxylic acids is 1. The summed E-state index contributed by atoms with van der Waals surface area (Å²) in [6.07, 6.45) is 3.12. The predicted octanol–water partition coefficient (Wildman–Crippen LogP) is 4.27. The predicted molar refractivity (Wildman–Crippen MR) is 81.7 cm³/mol. The number of aromatic nitrogens is 1. The van der Waals surface area contributed by atoms with E-state index in [0.29, 0.717) is 5.56 Å². The molecule has 20 heavy (non-hydrogen) atoms. The molecule has 2 nitrogen and oxygen atoms in total. The number of carbonyl (C=O) groups is 1. The highest BCUT2D eigenvalue weighted by Gasteiger charge is 2.07. The first kappa shape index (κ1) is 12.3. The first-order chi connectivity index (χ1) is 9.79. The topological polar surface area (TPSA) is 30.0 Å². The monoisotopic (exact) mass is 259 g/mol. The van der Waals surface area contributed by atoms with Crippen LogP contribution in [0.2, 0.25) is 0 Å². The van der Waals surface area contributed by atoms with Gasteiger partial charge in [0, 0.05) is 17.1 Å². The SMILES string of the molecule is C=CC(=O)c1ccc2nccc(-c3ccccc3)c2c1. The van der Waals surface area contributed by atoms with E-state index < -0.39 is 0 Å². The molecule has 1 heterocycles. The number of benzene rings is 2. The fourth-order valence-corrected chi connectivity index (χ4v) is 2.29. The summed E-state index contributed by atoms with van der Waals surface area (Å²) in [6.45, 7) is 3.53. The van der Waals surface area contributed by atoms with Crippen LogP contribution in [0.4, 0.5) is 0 Å². The minimum Gasteiger partial charge on any atom is -0.289 e. The van der Waals surface area contributed by atoms with Crippen molar-refractivity contribution < 1.29 is 4.79 Å². The molecule has 0 aliphatic carbocycles. The molecule has 2 aromatic carbocycles. The summed E-state index contributed by atoms with van der Waals surface area (Å²) in [5, 5.41) is 0.978. The highest BCUT2D eigenvalue weighted by molar-refractivity contribution is 6.07. The summed E-state index contributed by atoms with van der Waals surface area (Å²) >= 11 is 0. The van der Waals surface area contributed by atoms with Crippen molar-refractivity contribution in [2.45, 2.75) is 0 Å². The Labute approximate surface area is 117 Å². The van der Waals surface area contributed by atoms with Crippen molar-refractivity contribution >= 4 is 16.7 Å². The first-order valence-corrected chi connectivity index (χ1v) is 6.40. The van der Waals surface area contributed by atoms with Crippen molar-refractivity contribution in [1.29, 1.82) is 0 Å². The van der Waals surface area contributed by atoms with E-state index in [2.05, 4.69) is 23.7 Å². The van der Waals surface area contributed by atoms with Crippen LogP contribution in [0.25, 0.3) is 22.0 Å². The molecule has 0 radical (unpaired) electrons. The number of fused-ring (bicyclic) bond motifs is 1. The van der Waals surface area contributed by atoms with Crippen molar-refractivity contribution in [2.75, 3.05) is 0 Å². The summed E-state index contributed by atoms with van der Waals surface area (Å²) in [6, 6.07) is 17.6. The van der Waals surface area contributed by atoms with Crippen LogP contribution in [-0.4, -0.2) is 10.8 Å². The fourth-order valence-electron chi connectivity index (χ4n) is 2.29. The molecule has 0 spiro atoms. The molecule has 2 heteroatoms. The van der Waals surface area contributed by atoms with Crippen LogP contribution in [-0.2, 0) is 0 Å². The van der Waals surface area contributed by atoms with E-state index >= 15 is 0 Å². The summed E-state index contributed by atoms with van der Waals surface area (Å²) in [5.74, 6) is -0.0743. The Balaban J connectivity index is 2.27. The van der Waals surface area contributed by atoms with Gasteiger partial charge in [0.1, 0.15) is 0 Å². The largest absolute Gasteiger partial charge is 0.289 e. The van der Waals surface area contributed by atoms with E-state index in [1.807, 2.05) is 36.4 Å². The quantitative estimate of drug-likeness (QED) is 0.519. The Morgan fingerprint density at radius 2 is 1.85 bits per heavy atom. The zero-order chi connectivity index (χ0) is 13.9. The zero-order valence-corrected chi connectivity index (χ0v) is 10.9. The van der Waals surface area contributed by atoms with Crippen LogP contribution in [0.15, 0.2) is 73.4 Å². The minimum atomic E-state index is -0.0743. The highest BCUT2D eigenvalue weighted by Crippen LogP contribution is 2.28. The van der Waals surface area contributed by atoms with Gasteiger partial charge in [-0.3, -0.25) is 9.78 Å². The lowest BCUT2D eigenvalue weighted by molar-refractivity contribution is 0.104. The molecule has 0 atom stereocenters. The molecule has 1 aromatic heterocycles. The Morgan fingerprint density at radius 1 is 1.05 bits per heavy atom. The van der Waals surface area contributed by atoms with Crippen molar-refractivity contribution in [2.24, 2.45) is 0 Å². The maximum atomic E-state index is 11.8.